The van der Waals surface area contributed by atoms with E-state index in [2.05, 4.69) is 11.1 Å². The summed E-state index contributed by atoms with van der Waals surface area (Å²) >= 11 is 1.65. The zero-order valence-corrected chi connectivity index (χ0v) is 13.6. The van der Waals surface area contributed by atoms with Gasteiger partial charge in [0.05, 0.1) is 23.2 Å². The van der Waals surface area contributed by atoms with E-state index in [4.69, 9.17) is 0 Å². The Bertz CT molecular complexity index is 759. The lowest BCUT2D eigenvalue weighted by atomic mass is 10.1. The monoisotopic (exact) mass is 310 g/mol. The molecule has 0 aliphatic carbocycles. The zero-order chi connectivity index (χ0) is 15.5. The summed E-state index contributed by atoms with van der Waals surface area (Å²) in [7, 11) is 1.84. The highest BCUT2D eigenvalue weighted by atomic mass is 32.1. The van der Waals surface area contributed by atoms with E-state index in [0.29, 0.717) is 13.0 Å². The van der Waals surface area contributed by atoms with Gasteiger partial charge in [-0.1, -0.05) is 42.0 Å². The van der Waals surface area contributed by atoms with Gasteiger partial charge in [-0.15, -0.1) is 11.3 Å². The smallest absolute Gasteiger partial charge is 0.227 e. The molecule has 3 nitrogen and oxygen atoms in total. The average molecular weight is 310 g/mol. The standard InChI is InChI=1S/C18H18N2OS/c1-13-7-9-14(10-8-13)11-18(21)20(2)12-17-19-15-5-3-4-6-16(15)22-17/h3-10H,11-12H2,1-2H3. The molecule has 3 aromatic rings. The van der Waals surface area contributed by atoms with Crippen LogP contribution < -0.4 is 0 Å². The van der Waals surface area contributed by atoms with Crippen LogP contribution in [0.3, 0.4) is 0 Å². The molecule has 22 heavy (non-hydrogen) atoms. The van der Waals surface area contributed by atoms with Crippen LogP contribution in [0.1, 0.15) is 16.1 Å². The van der Waals surface area contributed by atoms with Crippen molar-refractivity contribution < 1.29 is 4.79 Å². The summed E-state index contributed by atoms with van der Waals surface area (Å²) < 4.78 is 1.16. The van der Waals surface area contributed by atoms with Crippen LogP contribution in [0.2, 0.25) is 0 Å². The van der Waals surface area contributed by atoms with Gasteiger partial charge in [0.1, 0.15) is 5.01 Å². The van der Waals surface area contributed by atoms with Crippen molar-refractivity contribution in [2.45, 2.75) is 19.9 Å². The fraction of sp³-hybridized carbons (Fsp3) is 0.222. The number of rotatable bonds is 4. The zero-order valence-electron chi connectivity index (χ0n) is 12.7. The number of carbonyl (C=O) groups is 1. The first-order valence-corrected chi connectivity index (χ1v) is 8.07. The molecule has 2 aromatic carbocycles. The van der Waals surface area contributed by atoms with Gasteiger partial charge >= 0.3 is 0 Å². The normalized spacial score (nSPS) is 10.8. The number of carbonyl (C=O) groups excluding carboxylic acids is 1. The Morgan fingerprint density at radius 3 is 2.59 bits per heavy atom. The Kier molecular flexibility index (Phi) is 4.20. The van der Waals surface area contributed by atoms with Crippen LogP contribution in [0.15, 0.2) is 48.5 Å². The summed E-state index contributed by atoms with van der Waals surface area (Å²) in [6.07, 6.45) is 0.432. The van der Waals surface area contributed by atoms with Crippen LogP contribution in [0, 0.1) is 6.92 Å². The summed E-state index contributed by atoms with van der Waals surface area (Å²) in [6.45, 7) is 2.61. The maximum atomic E-state index is 12.3. The molecule has 0 saturated heterocycles. The molecule has 112 valence electrons. The molecule has 0 fully saturated rings. The second kappa shape index (κ2) is 6.28. The molecule has 0 bridgehead atoms. The Hall–Kier alpha value is -2.20. The summed E-state index contributed by atoms with van der Waals surface area (Å²) in [5.74, 6) is 0.114. The van der Waals surface area contributed by atoms with Crippen LogP contribution >= 0.6 is 11.3 Å². The molecule has 0 N–H and O–H groups in total. The lowest BCUT2D eigenvalue weighted by molar-refractivity contribution is -0.129. The molecule has 0 aliphatic heterocycles. The molecule has 0 aliphatic rings. The van der Waals surface area contributed by atoms with Crippen LogP contribution in [-0.2, 0) is 17.8 Å². The number of aryl methyl sites for hydroxylation is 1. The van der Waals surface area contributed by atoms with Crippen LogP contribution in [0.5, 0.6) is 0 Å². The van der Waals surface area contributed by atoms with Gasteiger partial charge in [-0.05, 0) is 24.6 Å². The molecule has 1 heterocycles. The van der Waals surface area contributed by atoms with Gasteiger partial charge in [-0.2, -0.15) is 0 Å². The van der Waals surface area contributed by atoms with E-state index >= 15 is 0 Å². The number of para-hydroxylation sites is 1. The van der Waals surface area contributed by atoms with Crippen molar-refractivity contribution in [3.05, 3.63) is 64.7 Å². The van der Waals surface area contributed by atoms with Gasteiger partial charge in [0.2, 0.25) is 5.91 Å². The highest BCUT2D eigenvalue weighted by molar-refractivity contribution is 7.18. The SMILES string of the molecule is Cc1ccc(CC(=O)N(C)Cc2nc3ccccc3s2)cc1. The summed E-state index contributed by atoms with van der Waals surface area (Å²) in [5, 5.41) is 0.973. The molecule has 0 atom stereocenters. The quantitative estimate of drug-likeness (QED) is 0.734. The summed E-state index contributed by atoms with van der Waals surface area (Å²) in [5.41, 5.74) is 3.26. The highest BCUT2D eigenvalue weighted by Crippen LogP contribution is 2.22. The molecule has 0 spiro atoms. The average Bonchev–Trinajstić information content (AvgIpc) is 2.91. The molecule has 0 radical (unpaired) electrons. The summed E-state index contributed by atoms with van der Waals surface area (Å²) in [4.78, 5) is 18.6. The minimum atomic E-state index is 0.114. The van der Waals surface area contributed by atoms with E-state index in [0.717, 1.165) is 20.8 Å². The second-order valence-corrected chi connectivity index (χ2v) is 6.60. The Balaban J connectivity index is 1.66. The van der Waals surface area contributed by atoms with Crippen LogP contribution in [0.25, 0.3) is 10.2 Å². The van der Waals surface area contributed by atoms with E-state index in [1.807, 2.05) is 56.4 Å². The molecule has 0 saturated carbocycles. The van der Waals surface area contributed by atoms with E-state index in [1.165, 1.54) is 5.56 Å². The Morgan fingerprint density at radius 1 is 1.14 bits per heavy atom. The number of fused-ring (bicyclic) bond motifs is 1. The van der Waals surface area contributed by atoms with Gasteiger partial charge in [0.15, 0.2) is 0 Å². The molecule has 0 unspecified atom stereocenters. The van der Waals surface area contributed by atoms with Crippen LogP contribution in [0.4, 0.5) is 0 Å². The first kappa shape index (κ1) is 14.7. The van der Waals surface area contributed by atoms with Gasteiger partial charge < -0.3 is 4.90 Å². The first-order chi connectivity index (χ1) is 10.6. The van der Waals surface area contributed by atoms with Crippen molar-refractivity contribution in [3.8, 4) is 0 Å². The second-order valence-electron chi connectivity index (χ2n) is 5.49. The number of thiazole rings is 1. The van der Waals surface area contributed by atoms with Crippen molar-refractivity contribution in [1.82, 2.24) is 9.88 Å². The molecule has 1 aromatic heterocycles. The topological polar surface area (TPSA) is 33.2 Å². The van der Waals surface area contributed by atoms with Crippen molar-refractivity contribution >= 4 is 27.5 Å². The van der Waals surface area contributed by atoms with Crippen molar-refractivity contribution in [3.63, 3.8) is 0 Å². The maximum absolute atomic E-state index is 12.3. The molecular formula is C18H18N2OS. The third-order valence-corrected chi connectivity index (χ3v) is 4.63. The van der Waals surface area contributed by atoms with Gasteiger partial charge in [0, 0.05) is 7.05 Å². The number of hydrogen-bond donors (Lipinski definition) is 0. The van der Waals surface area contributed by atoms with Crippen molar-refractivity contribution in [2.75, 3.05) is 7.05 Å². The maximum Gasteiger partial charge on any atom is 0.227 e. The van der Waals surface area contributed by atoms with Gasteiger partial charge in [-0.25, -0.2) is 4.98 Å². The first-order valence-electron chi connectivity index (χ1n) is 7.26. The van der Waals surface area contributed by atoms with Crippen molar-refractivity contribution in [1.29, 1.82) is 0 Å². The molecule has 1 amide bonds. The molecule has 3 rings (SSSR count). The minimum absolute atomic E-state index is 0.114. The number of aromatic nitrogens is 1. The minimum Gasteiger partial charge on any atom is -0.339 e. The van der Waals surface area contributed by atoms with E-state index in [1.54, 1.807) is 16.2 Å². The van der Waals surface area contributed by atoms with E-state index in [9.17, 15) is 4.79 Å². The van der Waals surface area contributed by atoms with Gasteiger partial charge in [0.25, 0.3) is 0 Å². The lowest BCUT2D eigenvalue weighted by Crippen LogP contribution is -2.27. The van der Waals surface area contributed by atoms with E-state index in [-0.39, 0.29) is 5.91 Å². The Labute approximate surface area is 134 Å². The highest BCUT2D eigenvalue weighted by Gasteiger charge is 2.12. The molecule has 4 heteroatoms. The number of likely N-dealkylation sites (N-methyl/N-ethyl adjacent to an activating group) is 1. The number of benzene rings is 2. The number of hydrogen-bond acceptors (Lipinski definition) is 3. The number of amides is 1. The van der Waals surface area contributed by atoms with E-state index < -0.39 is 0 Å². The lowest BCUT2D eigenvalue weighted by Gasteiger charge is -2.15. The number of nitrogens with zero attached hydrogens (tertiary/aromatic N) is 2. The fourth-order valence-corrected chi connectivity index (χ4v) is 3.32. The van der Waals surface area contributed by atoms with Crippen LogP contribution in [-0.4, -0.2) is 22.8 Å². The fourth-order valence-electron chi connectivity index (χ4n) is 2.29. The molecular weight excluding hydrogens is 292 g/mol. The Morgan fingerprint density at radius 2 is 1.86 bits per heavy atom. The predicted molar refractivity (Wildman–Crippen MR) is 91.0 cm³/mol. The summed E-state index contributed by atoms with van der Waals surface area (Å²) in [6, 6.07) is 16.2. The predicted octanol–water partition coefficient (Wildman–Crippen LogP) is 3.81. The third kappa shape index (κ3) is 3.34. The largest absolute Gasteiger partial charge is 0.339 e. The van der Waals surface area contributed by atoms with Gasteiger partial charge in [-0.3, -0.25) is 4.79 Å². The third-order valence-electron chi connectivity index (χ3n) is 3.61. The van der Waals surface area contributed by atoms with Crippen molar-refractivity contribution in [2.24, 2.45) is 0 Å².